The van der Waals surface area contributed by atoms with E-state index in [0.717, 1.165) is 11.9 Å². The van der Waals surface area contributed by atoms with Gasteiger partial charge in [-0.25, -0.2) is 5.84 Å². The second-order valence-corrected chi connectivity index (χ2v) is 6.14. The van der Waals surface area contributed by atoms with E-state index in [1.807, 2.05) is 44.2 Å². The molecule has 0 unspecified atom stereocenters. The van der Waals surface area contributed by atoms with E-state index in [4.69, 9.17) is 11.3 Å². The molecule has 25 heavy (non-hydrogen) atoms. The lowest BCUT2D eigenvalue weighted by molar-refractivity contribution is -0.118. The Bertz CT molecular complexity index is 685. The Morgan fingerprint density at radius 3 is 2.36 bits per heavy atom. The van der Waals surface area contributed by atoms with Gasteiger partial charge in [-0.3, -0.25) is 15.2 Å². The van der Waals surface area contributed by atoms with E-state index in [2.05, 4.69) is 10.6 Å². The quantitative estimate of drug-likeness (QED) is 0.257. The van der Waals surface area contributed by atoms with Crippen LogP contribution < -0.4 is 21.5 Å². The lowest BCUT2D eigenvalue weighted by Crippen LogP contribution is -2.45. The van der Waals surface area contributed by atoms with Crippen molar-refractivity contribution in [3.05, 3.63) is 60.2 Å². The Hall–Kier alpha value is -2.70. The smallest absolute Gasteiger partial charge is 0.241 e. The summed E-state index contributed by atoms with van der Waals surface area (Å²) in [4.78, 5) is 12.7. The molecule has 6 heteroatoms. The lowest BCUT2D eigenvalue weighted by atomic mass is 10.0. The van der Waals surface area contributed by atoms with Crippen LogP contribution in [0.4, 0.5) is 11.4 Å². The summed E-state index contributed by atoms with van der Waals surface area (Å²) in [5.41, 5.74) is 2.47. The molecule has 5 N–H and O–H groups in total. The number of amides is 1. The van der Waals surface area contributed by atoms with Gasteiger partial charge in [-0.15, -0.1) is 0 Å². The number of carbonyl (C=O) groups is 1. The van der Waals surface area contributed by atoms with Crippen molar-refractivity contribution in [1.82, 2.24) is 5.32 Å². The fourth-order valence-electron chi connectivity index (χ4n) is 2.50. The molecule has 1 amide bonds. The molecule has 0 aliphatic carbocycles. The van der Waals surface area contributed by atoms with Crippen LogP contribution in [-0.2, 0) is 11.2 Å². The van der Waals surface area contributed by atoms with Crippen molar-refractivity contribution in [2.24, 2.45) is 5.84 Å². The number of anilines is 2. The van der Waals surface area contributed by atoms with Crippen molar-refractivity contribution in [1.29, 1.82) is 5.41 Å². The van der Waals surface area contributed by atoms with Crippen molar-refractivity contribution < 1.29 is 4.79 Å². The van der Waals surface area contributed by atoms with Crippen molar-refractivity contribution in [3.63, 3.8) is 0 Å². The zero-order chi connectivity index (χ0) is 18.2. The SMILES string of the molecule is CC(C)N[C@@H](Cc1ccccc1)C(=O)Nc1ccc(N(N)C=N)cc1. The molecule has 0 spiro atoms. The van der Waals surface area contributed by atoms with Crippen LogP contribution in [0, 0.1) is 5.41 Å². The maximum absolute atomic E-state index is 12.7. The van der Waals surface area contributed by atoms with Crippen LogP contribution in [0.25, 0.3) is 0 Å². The van der Waals surface area contributed by atoms with Crippen LogP contribution >= 0.6 is 0 Å². The third kappa shape index (κ3) is 5.70. The number of hydrazine groups is 1. The van der Waals surface area contributed by atoms with E-state index < -0.39 is 0 Å². The predicted molar refractivity (Wildman–Crippen MR) is 103 cm³/mol. The van der Waals surface area contributed by atoms with Crippen LogP contribution in [0.5, 0.6) is 0 Å². The average molecular weight is 339 g/mol. The van der Waals surface area contributed by atoms with E-state index in [-0.39, 0.29) is 18.0 Å². The van der Waals surface area contributed by atoms with E-state index in [9.17, 15) is 4.79 Å². The molecule has 6 nitrogen and oxygen atoms in total. The highest BCUT2D eigenvalue weighted by Crippen LogP contribution is 2.16. The molecule has 0 aromatic heterocycles. The summed E-state index contributed by atoms with van der Waals surface area (Å²) in [6.45, 7) is 4.04. The first-order valence-electron chi connectivity index (χ1n) is 8.25. The van der Waals surface area contributed by atoms with E-state index in [1.165, 1.54) is 5.01 Å². The molecule has 0 saturated heterocycles. The summed E-state index contributed by atoms with van der Waals surface area (Å²) < 4.78 is 0. The minimum Gasteiger partial charge on any atom is -0.325 e. The van der Waals surface area contributed by atoms with E-state index >= 15 is 0 Å². The minimum atomic E-state index is -0.324. The number of nitrogens with two attached hydrogens (primary N) is 1. The number of carbonyl (C=O) groups excluding carboxylic acids is 1. The summed E-state index contributed by atoms with van der Waals surface area (Å²) >= 11 is 0. The summed E-state index contributed by atoms with van der Waals surface area (Å²) in [6.07, 6.45) is 1.64. The Balaban J connectivity index is 2.06. The van der Waals surface area contributed by atoms with Crippen molar-refractivity contribution in [2.45, 2.75) is 32.4 Å². The molecule has 2 aromatic carbocycles. The van der Waals surface area contributed by atoms with Gasteiger partial charge in [0, 0.05) is 11.7 Å². The molecule has 2 rings (SSSR count). The average Bonchev–Trinajstić information content (AvgIpc) is 2.61. The van der Waals surface area contributed by atoms with Gasteiger partial charge in [-0.05, 0) is 36.2 Å². The first-order chi connectivity index (χ1) is 12.0. The monoisotopic (exact) mass is 339 g/mol. The van der Waals surface area contributed by atoms with E-state index in [0.29, 0.717) is 17.8 Å². The second-order valence-electron chi connectivity index (χ2n) is 6.14. The van der Waals surface area contributed by atoms with Gasteiger partial charge in [0.05, 0.1) is 11.7 Å². The number of hydrogen-bond acceptors (Lipinski definition) is 4. The van der Waals surface area contributed by atoms with Gasteiger partial charge < -0.3 is 10.6 Å². The Labute approximate surface area is 148 Å². The highest BCUT2D eigenvalue weighted by atomic mass is 16.2. The molecule has 0 bridgehead atoms. The largest absolute Gasteiger partial charge is 0.325 e. The Kier molecular flexibility index (Phi) is 6.68. The summed E-state index contributed by atoms with van der Waals surface area (Å²) in [5.74, 6) is 5.55. The van der Waals surface area contributed by atoms with Gasteiger partial charge in [-0.2, -0.15) is 0 Å². The molecule has 2 aromatic rings. The standard InChI is InChI=1S/C19H25N5O/c1-14(2)22-18(12-15-6-4-3-5-7-15)19(25)23-16-8-10-17(11-9-16)24(21)13-20/h3-11,13-14,18,20,22H,12,21H2,1-2H3,(H,23,25)/t18-/m0/s1. The zero-order valence-electron chi connectivity index (χ0n) is 14.6. The minimum absolute atomic E-state index is 0.0815. The molecule has 0 radical (unpaired) electrons. The molecule has 0 aliphatic rings. The van der Waals surface area contributed by atoms with Crippen LogP contribution in [-0.4, -0.2) is 24.3 Å². The van der Waals surface area contributed by atoms with Crippen molar-refractivity contribution >= 4 is 23.6 Å². The third-order valence-corrected chi connectivity index (χ3v) is 3.71. The first kappa shape index (κ1) is 18.6. The fourth-order valence-corrected chi connectivity index (χ4v) is 2.50. The Morgan fingerprint density at radius 2 is 1.80 bits per heavy atom. The molecule has 0 aliphatic heterocycles. The van der Waals surface area contributed by atoms with Crippen molar-refractivity contribution in [2.75, 3.05) is 10.3 Å². The molecule has 0 heterocycles. The van der Waals surface area contributed by atoms with Gasteiger partial charge in [0.15, 0.2) is 0 Å². The normalized spacial score (nSPS) is 11.8. The lowest BCUT2D eigenvalue weighted by Gasteiger charge is -2.21. The highest BCUT2D eigenvalue weighted by molar-refractivity contribution is 5.95. The summed E-state index contributed by atoms with van der Waals surface area (Å²) in [5, 5.41) is 14.6. The topological polar surface area (TPSA) is 94.2 Å². The maximum atomic E-state index is 12.7. The first-order valence-corrected chi connectivity index (χ1v) is 8.25. The molecular formula is C19H25N5O. The third-order valence-electron chi connectivity index (χ3n) is 3.71. The number of nitrogens with zero attached hydrogens (tertiary/aromatic N) is 1. The van der Waals surface area contributed by atoms with Crippen LogP contribution in [0.15, 0.2) is 54.6 Å². The number of rotatable bonds is 8. The molecule has 1 atom stereocenters. The van der Waals surface area contributed by atoms with Gasteiger partial charge >= 0.3 is 0 Å². The molecule has 132 valence electrons. The maximum Gasteiger partial charge on any atom is 0.241 e. The molecular weight excluding hydrogens is 314 g/mol. The van der Waals surface area contributed by atoms with Crippen molar-refractivity contribution in [3.8, 4) is 0 Å². The highest BCUT2D eigenvalue weighted by Gasteiger charge is 2.19. The molecule has 0 fully saturated rings. The van der Waals surface area contributed by atoms with Crippen LogP contribution in [0.3, 0.4) is 0 Å². The van der Waals surface area contributed by atoms with Gasteiger partial charge in [-0.1, -0.05) is 44.2 Å². The van der Waals surface area contributed by atoms with Crippen LogP contribution in [0.2, 0.25) is 0 Å². The number of benzene rings is 2. The van der Waals surface area contributed by atoms with Gasteiger partial charge in [0.1, 0.15) is 6.34 Å². The fraction of sp³-hybridized carbons (Fsp3) is 0.263. The zero-order valence-corrected chi connectivity index (χ0v) is 14.6. The van der Waals surface area contributed by atoms with Crippen LogP contribution in [0.1, 0.15) is 19.4 Å². The number of nitrogens with one attached hydrogen (secondary N) is 3. The molecule has 0 saturated carbocycles. The number of hydrogen-bond donors (Lipinski definition) is 4. The summed E-state index contributed by atoms with van der Waals surface area (Å²) in [6, 6.07) is 16.9. The summed E-state index contributed by atoms with van der Waals surface area (Å²) in [7, 11) is 0. The predicted octanol–water partition coefficient (Wildman–Crippen LogP) is 2.52. The van der Waals surface area contributed by atoms with Gasteiger partial charge in [0.25, 0.3) is 0 Å². The second kappa shape index (κ2) is 8.96. The van der Waals surface area contributed by atoms with Gasteiger partial charge in [0.2, 0.25) is 5.91 Å². The Morgan fingerprint density at radius 1 is 1.16 bits per heavy atom. The van der Waals surface area contributed by atoms with E-state index in [1.54, 1.807) is 24.3 Å².